The maximum atomic E-state index is 14.0. The van der Waals surface area contributed by atoms with Crippen molar-refractivity contribution in [1.29, 1.82) is 5.26 Å². The van der Waals surface area contributed by atoms with E-state index >= 15 is 0 Å². The second-order valence-corrected chi connectivity index (χ2v) is 8.22. The van der Waals surface area contributed by atoms with E-state index in [9.17, 15) is 19.2 Å². The highest BCUT2D eigenvalue weighted by atomic mass is 19.1. The average Bonchev–Trinajstić information content (AvgIpc) is 3.48. The third-order valence-electron chi connectivity index (χ3n) is 6.99. The zero-order chi connectivity index (χ0) is 19.2. The quantitative estimate of drug-likeness (QED) is 0.888. The van der Waals surface area contributed by atoms with Gasteiger partial charge in [0.1, 0.15) is 5.82 Å². The van der Waals surface area contributed by atoms with Gasteiger partial charge >= 0.3 is 0 Å². The number of benzene rings is 1. The monoisotopic (exact) mass is 369 g/mol. The number of amides is 2. The summed E-state index contributed by atoms with van der Waals surface area (Å²) < 4.78 is 14.0. The Bertz CT molecular complexity index is 842. The average molecular weight is 369 g/mol. The molecule has 2 fully saturated rings. The maximum Gasteiger partial charge on any atom is 0.227 e. The van der Waals surface area contributed by atoms with Crippen molar-refractivity contribution in [3.05, 3.63) is 35.1 Å². The van der Waals surface area contributed by atoms with Crippen LogP contribution >= 0.6 is 0 Å². The third-order valence-corrected chi connectivity index (χ3v) is 6.99. The van der Waals surface area contributed by atoms with Gasteiger partial charge in [-0.25, -0.2) is 4.39 Å². The van der Waals surface area contributed by atoms with Gasteiger partial charge in [-0.2, -0.15) is 5.26 Å². The molecule has 27 heavy (non-hydrogen) atoms. The Morgan fingerprint density at radius 3 is 2.70 bits per heavy atom. The van der Waals surface area contributed by atoms with Crippen LogP contribution in [0.2, 0.25) is 0 Å². The van der Waals surface area contributed by atoms with E-state index < -0.39 is 22.7 Å². The van der Waals surface area contributed by atoms with Crippen molar-refractivity contribution in [2.75, 3.05) is 6.54 Å². The van der Waals surface area contributed by atoms with Crippen molar-refractivity contribution in [3.63, 3.8) is 0 Å². The van der Waals surface area contributed by atoms with Crippen LogP contribution in [-0.2, 0) is 22.6 Å². The fraction of sp³-hybridized carbons (Fsp3) is 0.571. The number of nitriles is 1. The molecule has 0 radical (unpaired) electrons. The molecular formula is C21H24FN3O2. The van der Waals surface area contributed by atoms with Crippen LogP contribution < -0.4 is 5.73 Å². The Morgan fingerprint density at radius 1 is 1.26 bits per heavy atom. The predicted octanol–water partition coefficient (Wildman–Crippen LogP) is 2.68. The van der Waals surface area contributed by atoms with E-state index in [1.807, 2.05) is 6.07 Å². The molecule has 1 heterocycles. The van der Waals surface area contributed by atoms with Gasteiger partial charge in [-0.05, 0) is 49.3 Å². The van der Waals surface area contributed by atoms with E-state index in [4.69, 9.17) is 5.73 Å². The number of rotatable bonds is 3. The minimum absolute atomic E-state index is 0.107. The number of fused-ring (bicyclic) bond motifs is 1. The fourth-order valence-electron chi connectivity index (χ4n) is 5.36. The molecule has 0 aromatic heterocycles. The summed E-state index contributed by atoms with van der Waals surface area (Å²) in [5.41, 5.74) is 5.47. The lowest BCUT2D eigenvalue weighted by atomic mass is 9.57. The second-order valence-electron chi connectivity index (χ2n) is 8.22. The molecule has 2 atom stereocenters. The van der Waals surface area contributed by atoms with E-state index in [2.05, 4.69) is 6.07 Å². The van der Waals surface area contributed by atoms with Gasteiger partial charge in [-0.15, -0.1) is 0 Å². The number of carbonyl (C=O) groups excluding carboxylic acids is 2. The van der Waals surface area contributed by atoms with Crippen LogP contribution in [0.3, 0.4) is 0 Å². The summed E-state index contributed by atoms with van der Waals surface area (Å²) in [6.07, 6.45) is 4.47. The largest absolute Gasteiger partial charge is 0.369 e. The Hall–Kier alpha value is -2.42. The number of halogens is 1. The molecule has 1 aromatic rings. The predicted molar refractivity (Wildman–Crippen MR) is 96.4 cm³/mol. The lowest BCUT2D eigenvalue weighted by molar-refractivity contribution is -0.154. The van der Waals surface area contributed by atoms with E-state index in [0.29, 0.717) is 50.8 Å². The van der Waals surface area contributed by atoms with Gasteiger partial charge in [0.05, 0.1) is 22.8 Å². The van der Waals surface area contributed by atoms with Crippen LogP contribution in [0.15, 0.2) is 18.2 Å². The van der Waals surface area contributed by atoms with Gasteiger partial charge in [0.2, 0.25) is 11.8 Å². The van der Waals surface area contributed by atoms with Crippen molar-refractivity contribution in [2.45, 2.75) is 51.5 Å². The van der Waals surface area contributed by atoms with Gasteiger partial charge in [0.25, 0.3) is 0 Å². The van der Waals surface area contributed by atoms with Gasteiger partial charge in [0, 0.05) is 13.1 Å². The van der Waals surface area contributed by atoms with E-state index in [-0.39, 0.29) is 11.7 Å². The molecule has 6 heteroatoms. The molecule has 5 nitrogen and oxygen atoms in total. The van der Waals surface area contributed by atoms with Crippen molar-refractivity contribution in [1.82, 2.24) is 4.90 Å². The molecule has 0 bridgehead atoms. The maximum absolute atomic E-state index is 14.0. The highest BCUT2D eigenvalue weighted by Crippen LogP contribution is 2.65. The zero-order valence-corrected chi connectivity index (χ0v) is 15.3. The molecule has 4 rings (SSSR count). The number of carbonyl (C=O) groups is 2. The first-order chi connectivity index (χ1) is 12.9. The first-order valence-corrected chi connectivity index (χ1v) is 9.71. The Kier molecular flexibility index (Phi) is 4.21. The SMILES string of the molecule is N#CC1(C2(C(N)=O)CCCCC2C(=O)N2CCc3c(F)cccc3C2)CC1. The van der Waals surface area contributed by atoms with Crippen LogP contribution in [0.25, 0.3) is 0 Å². The second kappa shape index (κ2) is 6.33. The number of primary amides is 1. The summed E-state index contributed by atoms with van der Waals surface area (Å²) in [6, 6.07) is 7.28. The van der Waals surface area contributed by atoms with Gasteiger partial charge in [0.15, 0.2) is 0 Å². The van der Waals surface area contributed by atoms with Gasteiger partial charge in [-0.3, -0.25) is 9.59 Å². The fourth-order valence-corrected chi connectivity index (χ4v) is 5.36. The normalized spacial score (nSPS) is 28.7. The van der Waals surface area contributed by atoms with Gasteiger partial charge < -0.3 is 10.6 Å². The first kappa shape index (κ1) is 18.0. The van der Waals surface area contributed by atoms with Crippen LogP contribution in [-0.4, -0.2) is 23.3 Å². The minimum atomic E-state index is -1.07. The Labute approximate surface area is 158 Å². The van der Waals surface area contributed by atoms with Crippen molar-refractivity contribution >= 4 is 11.8 Å². The molecule has 142 valence electrons. The van der Waals surface area contributed by atoms with E-state index in [1.165, 1.54) is 6.07 Å². The van der Waals surface area contributed by atoms with Gasteiger partial charge in [-0.1, -0.05) is 25.0 Å². The number of nitrogens with two attached hydrogens (primary N) is 1. The topological polar surface area (TPSA) is 87.2 Å². The molecule has 2 saturated carbocycles. The van der Waals surface area contributed by atoms with Crippen LogP contribution in [0.5, 0.6) is 0 Å². The summed E-state index contributed by atoms with van der Waals surface area (Å²) in [5, 5.41) is 9.77. The highest BCUT2D eigenvalue weighted by molar-refractivity contribution is 5.92. The molecule has 2 unspecified atom stereocenters. The molecule has 0 saturated heterocycles. The Morgan fingerprint density at radius 2 is 2.04 bits per heavy atom. The summed E-state index contributed by atoms with van der Waals surface area (Å²) in [6.45, 7) is 0.772. The summed E-state index contributed by atoms with van der Waals surface area (Å²) in [5.74, 6) is -1.40. The number of nitrogens with zero attached hydrogens (tertiary/aromatic N) is 2. The molecule has 0 spiro atoms. The summed E-state index contributed by atoms with van der Waals surface area (Å²) >= 11 is 0. The summed E-state index contributed by atoms with van der Waals surface area (Å²) in [7, 11) is 0. The smallest absolute Gasteiger partial charge is 0.227 e. The molecule has 1 aromatic carbocycles. The lowest BCUT2D eigenvalue weighted by Gasteiger charge is -2.46. The third kappa shape index (κ3) is 2.55. The molecule has 1 aliphatic heterocycles. The molecular weight excluding hydrogens is 345 g/mol. The van der Waals surface area contributed by atoms with Crippen LogP contribution in [0.4, 0.5) is 4.39 Å². The highest BCUT2D eigenvalue weighted by Gasteiger charge is 2.68. The lowest BCUT2D eigenvalue weighted by Crippen LogP contribution is -2.56. The van der Waals surface area contributed by atoms with Crippen molar-refractivity contribution in [2.24, 2.45) is 22.5 Å². The molecule has 2 aliphatic carbocycles. The van der Waals surface area contributed by atoms with Crippen molar-refractivity contribution in [3.8, 4) is 6.07 Å². The van der Waals surface area contributed by atoms with Crippen LogP contribution in [0.1, 0.15) is 49.7 Å². The van der Waals surface area contributed by atoms with E-state index in [0.717, 1.165) is 18.4 Å². The van der Waals surface area contributed by atoms with Crippen LogP contribution in [0, 0.1) is 33.9 Å². The number of hydrogen-bond donors (Lipinski definition) is 1. The molecule has 3 aliphatic rings. The molecule has 2 amide bonds. The minimum Gasteiger partial charge on any atom is -0.369 e. The zero-order valence-electron chi connectivity index (χ0n) is 15.3. The Balaban J connectivity index is 1.66. The molecule has 2 N–H and O–H groups in total. The summed E-state index contributed by atoms with van der Waals surface area (Å²) in [4.78, 5) is 27.8. The number of hydrogen-bond acceptors (Lipinski definition) is 3. The standard InChI is InChI=1S/C21H24FN3O2/c22-17-6-3-4-14-12-25(11-7-15(14)17)18(26)16-5-1-2-8-21(16,19(24)27)20(13-23)9-10-20/h3-4,6,16H,1-2,5,7-12H2,(H2,24,27). The first-order valence-electron chi connectivity index (χ1n) is 9.71. The van der Waals surface area contributed by atoms with Crippen molar-refractivity contribution < 1.29 is 14.0 Å². The van der Waals surface area contributed by atoms with E-state index in [1.54, 1.807) is 11.0 Å².